The molecule has 0 bridgehead atoms. The number of benzene rings is 1. The van der Waals surface area contributed by atoms with Gasteiger partial charge in [0, 0.05) is 0 Å². The molecule has 0 aliphatic carbocycles. The van der Waals surface area contributed by atoms with E-state index >= 15 is 0 Å². The summed E-state index contributed by atoms with van der Waals surface area (Å²) in [5.74, 6) is 0.412. The monoisotopic (exact) mass is 233 g/mol. The fourth-order valence-electron chi connectivity index (χ4n) is 1.66. The summed E-state index contributed by atoms with van der Waals surface area (Å²) in [6.07, 6.45) is 2.52. The number of para-hydroxylation sites is 1. The molecule has 1 heterocycles. The number of carbonyl (C=O) groups is 1. The van der Waals surface area contributed by atoms with E-state index in [1.807, 2.05) is 12.1 Å². The lowest BCUT2D eigenvalue weighted by molar-refractivity contribution is -0.0769. The Morgan fingerprint density at radius 2 is 2.35 bits per heavy atom. The molecule has 1 aromatic carbocycles. The van der Waals surface area contributed by atoms with Crippen LogP contribution >= 0.6 is 0 Å². The molecule has 1 aromatic rings. The van der Waals surface area contributed by atoms with Gasteiger partial charge in [-0.1, -0.05) is 24.8 Å². The maximum absolute atomic E-state index is 12.1. The molecule has 1 saturated heterocycles. The molecular formula is C13H15NO3. The first-order chi connectivity index (χ1) is 8.33. The number of hydroxylamine groups is 2. The first kappa shape index (κ1) is 11.7. The summed E-state index contributed by atoms with van der Waals surface area (Å²) in [7, 11) is 0. The summed E-state index contributed by atoms with van der Waals surface area (Å²) in [6.45, 7) is 5.19. The van der Waals surface area contributed by atoms with Crippen molar-refractivity contribution in [2.45, 2.75) is 6.42 Å². The van der Waals surface area contributed by atoms with Gasteiger partial charge in [0.1, 0.15) is 12.4 Å². The number of hydrogen-bond acceptors (Lipinski definition) is 3. The fourth-order valence-corrected chi connectivity index (χ4v) is 1.66. The fraction of sp³-hybridized carbons (Fsp3) is 0.308. The standard InChI is InChI=1S/C13H15NO3/c1-2-9-16-12-7-4-3-6-11(12)13(15)14-8-5-10-17-14/h2-4,6-7H,1,5,8-10H2. The number of rotatable bonds is 4. The van der Waals surface area contributed by atoms with Crippen molar-refractivity contribution in [2.75, 3.05) is 19.8 Å². The zero-order valence-electron chi connectivity index (χ0n) is 9.59. The van der Waals surface area contributed by atoms with E-state index in [-0.39, 0.29) is 5.91 Å². The molecular weight excluding hydrogens is 218 g/mol. The molecule has 0 radical (unpaired) electrons. The topological polar surface area (TPSA) is 38.8 Å². The highest BCUT2D eigenvalue weighted by Crippen LogP contribution is 2.21. The van der Waals surface area contributed by atoms with Crippen molar-refractivity contribution < 1.29 is 14.4 Å². The predicted octanol–water partition coefficient (Wildman–Crippen LogP) is 2.03. The highest BCUT2D eigenvalue weighted by molar-refractivity contribution is 5.96. The molecule has 2 rings (SSSR count). The van der Waals surface area contributed by atoms with Gasteiger partial charge in [0.15, 0.2) is 0 Å². The van der Waals surface area contributed by atoms with Crippen LogP contribution in [-0.4, -0.2) is 30.7 Å². The van der Waals surface area contributed by atoms with Crippen LogP contribution in [0.1, 0.15) is 16.8 Å². The highest BCUT2D eigenvalue weighted by Gasteiger charge is 2.23. The van der Waals surface area contributed by atoms with Crippen LogP contribution in [0.5, 0.6) is 5.75 Å². The minimum absolute atomic E-state index is 0.151. The first-order valence-electron chi connectivity index (χ1n) is 5.60. The van der Waals surface area contributed by atoms with Gasteiger partial charge < -0.3 is 4.74 Å². The minimum Gasteiger partial charge on any atom is -0.489 e. The average Bonchev–Trinajstić information content (AvgIpc) is 2.89. The Hall–Kier alpha value is -1.81. The van der Waals surface area contributed by atoms with Crippen LogP contribution in [0.2, 0.25) is 0 Å². The van der Waals surface area contributed by atoms with Gasteiger partial charge in [-0.15, -0.1) is 0 Å². The van der Waals surface area contributed by atoms with Gasteiger partial charge >= 0.3 is 0 Å². The van der Waals surface area contributed by atoms with E-state index in [0.29, 0.717) is 31.1 Å². The van der Waals surface area contributed by atoms with Crippen LogP contribution < -0.4 is 4.74 Å². The van der Waals surface area contributed by atoms with E-state index < -0.39 is 0 Å². The van der Waals surface area contributed by atoms with Gasteiger partial charge in [0.25, 0.3) is 5.91 Å². The highest BCUT2D eigenvalue weighted by atomic mass is 16.7. The lowest BCUT2D eigenvalue weighted by Crippen LogP contribution is -2.26. The predicted molar refractivity (Wildman–Crippen MR) is 63.7 cm³/mol. The molecule has 17 heavy (non-hydrogen) atoms. The van der Waals surface area contributed by atoms with Gasteiger partial charge in [-0.25, -0.2) is 5.06 Å². The zero-order chi connectivity index (χ0) is 12.1. The minimum atomic E-state index is -0.151. The zero-order valence-corrected chi connectivity index (χ0v) is 9.59. The second-order valence-electron chi connectivity index (χ2n) is 3.69. The molecule has 0 atom stereocenters. The quantitative estimate of drug-likeness (QED) is 0.747. The third-order valence-electron chi connectivity index (χ3n) is 2.45. The Kier molecular flexibility index (Phi) is 3.77. The SMILES string of the molecule is C=CCOc1ccccc1C(=O)N1CCCO1. The summed E-state index contributed by atoms with van der Waals surface area (Å²) < 4.78 is 5.45. The van der Waals surface area contributed by atoms with Crippen molar-refractivity contribution in [3.8, 4) is 5.75 Å². The second kappa shape index (κ2) is 5.50. The van der Waals surface area contributed by atoms with E-state index in [4.69, 9.17) is 9.57 Å². The molecule has 1 aliphatic rings. The molecule has 0 N–H and O–H groups in total. The van der Waals surface area contributed by atoms with E-state index in [9.17, 15) is 4.79 Å². The molecule has 0 saturated carbocycles. The van der Waals surface area contributed by atoms with Gasteiger partial charge in [0.2, 0.25) is 0 Å². The number of carbonyl (C=O) groups excluding carboxylic acids is 1. The Balaban J connectivity index is 2.17. The Morgan fingerprint density at radius 1 is 1.53 bits per heavy atom. The van der Waals surface area contributed by atoms with Crippen molar-refractivity contribution in [1.82, 2.24) is 5.06 Å². The molecule has 90 valence electrons. The number of hydrogen-bond donors (Lipinski definition) is 0. The van der Waals surface area contributed by atoms with Gasteiger partial charge in [0.05, 0.1) is 18.7 Å². The van der Waals surface area contributed by atoms with Crippen molar-refractivity contribution >= 4 is 5.91 Å². The van der Waals surface area contributed by atoms with Crippen LogP contribution in [0, 0.1) is 0 Å². The number of nitrogens with zero attached hydrogens (tertiary/aromatic N) is 1. The Morgan fingerprint density at radius 3 is 3.06 bits per heavy atom. The maximum atomic E-state index is 12.1. The lowest BCUT2D eigenvalue weighted by Gasteiger charge is -2.16. The third-order valence-corrected chi connectivity index (χ3v) is 2.45. The number of ether oxygens (including phenoxy) is 1. The van der Waals surface area contributed by atoms with Crippen molar-refractivity contribution in [3.63, 3.8) is 0 Å². The first-order valence-corrected chi connectivity index (χ1v) is 5.60. The van der Waals surface area contributed by atoms with Gasteiger partial charge in [-0.2, -0.15) is 0 Å². The van der Waals surface area contributed by atoms with Crippen molar-refractivity contribution in [2.24, 2.45) is 0 Å². The summed E-state index contributed by atoms with van der Waals surface area (Å²) >= 11 is 0. The molecule has 0 spiro atoms. The molecule has 4 nitrogen and oxygen atoms in total. The van der Waals surface area contributed by atoms with Crippen LogP contribution in [0.4, 0.5) is 0 Å². The van der Waals surface area contributed by atoms with E-state index in [1.54, 1.807) is 18.2 Å². The summed E-state index contributed by atoms with van der Waals surface area (Å²) in [5.41, 5.74) is 0.524. The summed E-state index contributed by atoms with van der Waals surface area (Å²) in [5, 5.41) is 1.39. The molecule has 0 unspecified atom stereocenters. The second-order valence-corrected chi connectivity index (χ2v) is 3.69. The molecule has 1 aliphatic heterocycles. The van der Waals surface area contributed by atoms with Crippen molar-refractivity contribution in [1.29, 1.82) is 0 Å². The Bertz CT molecular complexity index is 411. The van der Waals surface area contributed by atoms with Crippen LogP contribution in [0.3, 0.4) is 0 Å². The normalized spacial score (nSPS) is 14.7. The van der Waals surface area contributed by atoms with E-state index in [1.165, 1.54) is 5.06 Å². The van der Waals surface area contributed by atoms with Crippen molar-refractivity contribution in [3.05, 3.63) is 42.5 Å². The van der Waals surface area contributed by atoms with Crippen LogP contribution in [-0.2, 0) is 4.84 Å². The van der Waals surface area contributed by atoms with Gasteiger partial charge in [-0.3, -0.25) is 9.63 Å². The van der Waals surface area contributed by atoms with E-state index in [0.717, 1.165) is 6.42 Å². The molecule has 1 fully saturated rings. The Labute approximate surface area is 100 Å². The van der Waals surface area contributed by atoms with E-state index in [2.05, 4.69) is 6.58 Å². The van der Waals surface area contributed by atoms with Crippen LogP contribution in [0.15, 0.2) is 36.9 Å². The maximum Gasteiger partial charge on any atom is 0.281 e. The third kappa shape index (κ3) is 2.65. The lowest BCUT2D eigenvalue weighted by atomic mass is 10.2. The molecule has 4 heteroatoms. The smallest absolute Gasteiger partial charge is 0.281 e. The average molecular weight is 233 g/mol. The summed E-state index contributed by atoms with van der Waals surface area (Å²) in [4.78, 5) is 17.4. The summed E-state index contributed by atoms with van der Waals surface area (Å²) in [6, 6.07) is 7.15. The van der Waals surface area contributed by atoms with Crippen LogP contribution in [0.25, 0.3) is 0 Å². The van der Waals surface area contributed by atoms with Gasteiger partial charge in [-0.05, 0) is 18.6 Å². The largest absolute Gasteiger partial charge is 0.489 e. The molecule has 0 aromatic heterocycles. The molecule has 1 amide bonds. The number of amides is 1.